The van der Waals surface area contributed by atoms with Crippen molar-refractivity contribution in [1.29, 1.82) is 0 Å². The van der Waals surface area contributed by atoms with E-state index in [1.54, 1.807) is 11.3 Å². The van der Waals surface area contributed by atoms with Crippen molar-refractivity contribution in [3.63, 3.8) is 0 Å². The van der Waals surface area contributed by atoms with Crippen LogP contribution in [0.25, 0.3) is 22.0 Å². The fraction of sp³-hybridized carbons (Fsp3) is 0.310. The molecule has 5 nitrogen and oxygen atoms in total. The van der Waals surface area contributed by atoms with Crippen molar-refractivity contribution >= 4 is 33.1 Å². The van der Waals surface area contributed by atoms with Crippen LogP contribution in [0, 0.1) is 0 Å². The van der Waals surface area contributed by atoms with E-state index in [-0.39, 0.29) is 5.91 Å². The summed E-state index contributed by atoms with van der Waals surface area (Å²) in [6, 6.07) is 23.1. The van der Waals surface area contributed by atoms with E-state index >= 15 is 0 Å². The number of hydrogen-bond donors (Lipinski definition) is 1. The van der Waals surface area contributed by atoms with Crippen LogP contribution in [-0.2, 0) is 6.54 Å². The predicted molar refractivity (Wildman–Crippen MR) is 146 cm³/mol. The number of carbonyl (C=O) groups excluding carboxylic acids is 1. The highest BCUT2D eigenvalue weighted by molar-refractivity contribution is 7.14. The van der Waals surface area contributed by atoms with Crippen LogP contribution < -0.4 is 10.2 Å². The number of benzene rings is 3. The fourth-order valence-electron chi connectivity index (χ4n) is 4.51. The molecular formula is C29H32N4OS. The SMILES string of the molecule is CCCCN(Cc1ccc(C(=O)N2CCNCC2)cc1)c1nc(-c2ccc3ccccc3c2)cs1. The molecule has 0 bridgehead atoms. The molecule has 1 saturated heterocycles. The van der Waals surface area contributed by atoms with Gasteiger partial charge in [0.1, 0.15) is 0 Å². The van der Waals surface area contributed by atoms with E-state index in [1.807, 2.05) is 17.0 Å². The lowest BCUT2D eigenvalue weighted by molar-refractivity contribution is 0.0736. The van der Waals surface area contributed by atoms with Crippen LogP contribution in [0.15, 0.2) is 72.1 Å². The molecule has 1 aliphatic rings. The normalized spacial score (nSPS) is 13.8. The number of anilines is 1. The van der Waals surface area contributed by atoms with E-state index in [2.05, 4.69) is 77.1 Å². The first-order valence-electron chi connectivity index (χ1n) is 12.5. The summed E-state index contributed by atoms with van der Waals surface area (Å²) in [6.45, 7) is 7.24. The van der Waals surface area contributed by atoms with Crippen molar-refractivity contribution < 1.29 is 4.79 Å². The third kappa shape index (κ3) is 5.55. The molecule has 1 aliphatic heterocycles. The highest BCUT2D eigenvalue weighted by Crippen LogP contribution is 2.30. The molecule has 0 saturated carbocycles. The number of piperazine rings is 1. The van der Waals surface area contributed by atoms with Crippen molar-refractivity contribution in [3.05, 3.63) is 83.2 Å². The summed E-state index contributed by atoms with van der Waals surface area (Å²) in [4.78, 5) is 22.1. The van der Waals surface area contributed by atoms with Gasteiger partial charge in [0, 0.05) is 55.8 Å². The number of aromatic nitrogens is 1. The maximum absolute atomic E-state index is 12.8. The lowest BCUT2D eigenvalue weighted by Gasteiger charge is -2.27. The van der Waals surface area contributed by atoms with Crippen LogP contribution in [-0.4, -0.2) is 48.5 Å². The molecule has 4 aromatic rings. The van der Waals surface area contributed by atoms with Gasteiger partial charge in [-0.3, -0.25) is 4.79 Å². The number of amides is 1. The van der Waals surface area contributed by atoms with Gasteiger partial charge in [0.05, 0.1) is 5.69 Å². The van der Waals surface area contributed by atoms with Crippen LogP contribution in [0.1, 0.15) is 35.7 Å². The summed E-state index contributed by atoms with van der Waals surface area (Å²) < 4.78 is 0. The molecule has 0 radical (unpaired) electrons. The molecule has 0 aliphatic carbocycles. The molecule has 35 heavy (non-hydrogen) atoms. The van der Waals surface area contributed by atoms with Gasteiger partial charge in [-0.15, -0.1) is 11.3 Å². The molecule has 1 N–H and O–H groups in total. The van der Waals surface area contributed by atoms with Crippen LogP contribution in [0.3, 0.4) is 0 Å². The number of rotatable bonds is 8. The maximum Gasteiger partial charge on any atom is 0.253 e. The smallest absolute Gasteiger partial charge is 0.253 e. The number of nitrogens with zero attached hydrogens (tertiary/aromatic N) is 3. The maximum atomic E-state index is 12.8. The summed E-state index contributed by atoms with van der Waals surface area (Å²) in [7, 11) is 0. The van der Waals surface area contributed by atoms with Gasteiger partial charge in [-0.2, -0.15) is 0 Å². The van der Waals surface area contributed by atoms with Gasteiger partial charge in [-0.05, 0) is 41.0 Å². The first-order chi connectivity index (χ1) is 17.2. The number of unbranched alkanes of at least 4 members (excludes halogenated alkanes) is 1. The lowest BCUT2D eigenvalue weighted by Crippen LogP contribution is -2.46. The number of fused-ring (bicyclic) bond motifs is 1. The molecule has 6 heteroatoms. The van der Waals surface area contributed by atoms with Crippen LogP contribution in [0.5, 0.6) is 0 Å². The number of nitrogens with one attached hydrogen (secondary N) is 1. The zero-order valence-corrected chi connectivity index (χ0v) is 21.1. The third-order valence-corrected chi connectivity index (χ3v) is 7.47. The Morgan fingerprint density at radius 2 is 1.80 bits per heavy atom. The average molecular weight is 485 g/mol. The topological polar surface area (TPSA) is 48.5 Å². The largest absolute Gasteiger partial charge is 0.344 e. The standard InChI is InChI=1S/C29H32N4OS/c1-2-3-16-33(20-22-8-10-24(11-9-22)28(34)32-17-14-30-15-18-32)29-31-27(21-35-29)26-13-12-23-6-4-5-7-25(23)19-26/h4-13,19,21,30H,2-3,14-18,20H2,1H3. The van der Waals surface area contributed by atoms with E-state index in [9.17, 15) is 4.79 Å². The number of thiazole rings is 1. The Kier molecular flexibility index (Phi) is 7.40. The van der Waals surface area contributed by atoms with E-state index < -0.39 is 0 Å². The molecular weight excluding hydrogens is 452 g/mol. The van der Waals surface area contributed by atoms with Crippen molar-refractivity contribution in [2.24, 2.45) is 0 Å². The lowest BCUT2D eigenvalue weighted by atomic mass is 10.1. The van der Waals surface area contributed by atoms with E-state index in [0.29, 0.717) is 0 Å². The predicted octanol–water partition coefficient (Wildman–Crippen LogP) is 5.82. The summed E-state index contributed by atoms with van der Waals surface area (Å²) in [6.07, 6.45) is 2.25. The summed E-state index contributed by atoms with van der Waals surface area (Å²) in [5.41, 5.74) is 4.13. The number of carbonyl (C=O) groups is 1. The minimum atomic E-state index is 0.126. The van der Waals surface area contributed by atoms with Gasteiger partial charge < -0.3 is 15.1 Å². The van der Waals surface area contributed by atoms with Crippen molar-refractivity contribution in [2.45, 2.75) is 26.3 Å². The fourth-order valence-corrected chi connectivity index (χ4v) is 5.37. The summed E-state index contributed by atoms with van der Waals surface area (Å²) in [5, 5.41) is 8.98. The second-order valence-electron chi connectivity index (χ2n) is 9.09. The zero-order chi connectivity index (χ0) is 24.0. The Labute approximate surface area is 211 Å². The Hall–Kier alpha value is -3.22. The van der Waals surface area contributed by atoms with Crippen molar-refractivity contribution in [3.8, 4) is 11.3 Å². The van der Waals surface area contributed by atoms with Gasteiger partial charge in [0.15, 0.2) is 5.13 Å². The minimum absolute atomic E-state index is 0.126. The van der Waals surface area contributed by atoms with Crippen LogP contribution in [0.2, 0.25) is 0 Å². The number of hydrogen-bond acceptors (Lipinski definition) is 5. The molecule has 2 heterocycles. The van der Waals surface area contributed by atoms with E-state index in [1.165, 1.54) is 16.3 Å². The quantitative estimate of drug-likeness (QED) is 0.343. The van der Waals surface area contributed by atoms with Crippen molar-refractivity contribution in [2.75, 3.05) is 37.6 Å². The molecule has 5 rings (SSSR count). The molecule has 1 amide bonds. The van der Waals surface area contributed by atoms with Gasteiger partial charge in [-0.1, -0.05) is 61.9 Å². The molecule has 3 aromatic carbocycles. The Bertz CT molecular complexity index is 1280. The van der Waals surface area contributed by atoms with E-state index in [0.717, 1.165) is 74.1 Å². The van der Waals surface area contributed by atoms with E-state index in [4.69, 9.17) is 4.98 Å². The minimum Gasteiger partial charge on any atom is -0.344 e. The van der Waals surface area contributed by atoms with Crippen LogP contribution >= 0.6 is 11.3 Å². The van der Waals surface area contributed by atoms with Gasteiger partial charge in [0.25, 0.3) is 5.91 Å². The van der Waals surface area contributed by atoms with Gasteiger partial charge >= 0.3 is 0 Å². The molecule has 180 valence electrons. The Balaban J connectivity index is 1.32. The molecule has 0 atom stereocenters. The van der Waals surface area contributed by atoms with Gasteiger partial charge in [-0.25, -0.2) is 4.98 Å². The molecule has 0 unspecified atom stereocenters. The Morgan fingerprint density at radius 1 is 1.03 bits per heavy atom. The average Bonchev–Trinajstić information content (AvgIpc) is 3.41. The molecule has 0 spiro atoms. The monoisotopic (exact) mass is 484 g/mol. The van der Waals surface area contributed by atoms with Crippen LogP contribution in [0.4, 0.5) is 5.13 Å². The highest BCUT2D eigenvalue weighted by atomic mass is 32.1. The highest BCUT2D eigenvalue weighted by Gasteiger charge is 2.18. The first-order valence-corrected chi connectivity index (χ1v) is 13.4. The third-order valence-electron chi connectivity index (χ3n) is 6.57. The van der Waals surface area contributed by atoms with Crippen molar-refractivity contribution in [1.82, 2.24) is 15.2 Å². The first kappa shape index (κ1) is 23.5. The Morgan fingerprint density at radius 3 is 2.57 bits per heavy atom. The summed E-state index contributed by atoms with van der Waals surface area (Å²) in [5.74, 6) is 0.126. The molecule has 1 aromatic heterocycles. The summed E-state index contributed by atoms with van der Waals surface area (Å²) >= 11 is 1.70. The second kappa shape index (κ2) is 11.0. The zero-order valence-electron chi connectivity index (χ0n) is 20.2. The van der Waals surface area contributed by atoms with Gasteiger partial charge in [0.2, 0.25) is 0 Å². The second-order valence-corrected chi connectivity index (χ2v) is 9.93. The molecule has 1 fully saturated rings.